The van der Waals surface area contributed by atoms with Crippen LogP contribution in [0, 0.1) is 5.41 Å². The molecule has 0 aromatic rings. The van der Waals surface area contributed by atoms with Crippen LogP contribution in [0.1, 0.15) is 86.5 Å². The summed E-state index contributed by atoms with van der Waals surface area (Å²) in [4.78, 5) is 7.39. The number of rotatable bonds is 23. The molecule has 0 fully saturated rings. The fourth-order valence-corrected chi connectivity index (χ4v) is 8.04. The Kier molecular flexibility index (Phi) is 19.2. The molecule has 0 saturated heterocycles. The molecule has 5 nitrogen and oxygen atoms in total. The van der Waals surface area contributed by atoms with Crippen LogP contribution in [0.3, 0.4) is 0 Å². The summed E-state index contributed by atoms with van der Waals surface area (Å²) in [5.41, 5.74) is 0.402. The minimum atomic E-state index is -2.11. The van der Waals surface area contributed by atoms with E-state index >= 15 is 0 Å². The molecule has 0 bridgehead atoms. The Bertz CT molecular complexity index is 406. The predicted molar refractivity (Wildman–Crippen MR) is 149 cm³/mol. The molecule has 0 aliphatic rings. The molecule has 6 heteroatoms. The molecule has 0 unspecified atom stereocenters. The summed E-state index contributed by atoms with van der Waals surface area (Å²) in [6.07, 6.45) is 9.12. The largest absolute Gasteiger partial charge is 0.394 e. The first-order chi connectivity index (χ1) is 15.8. The Labute approximate surface area is 209 Å². The number of hydrogen-bond acceptors (Lipinski definition) is 5. The van der Waals surface area contributed by atoms with Gasteiger partial charge in [-0.3, -0.25) is 0 Å². The van der Waals surface area contributed by atoms with E-state index in [0.717, 1.165) is 44.9 Å². The van der Waals surface area contributed by atoms with Crippen molar-refractivity contribution >= 4 is 8.56 Å². The van der Waals surface area contributed by atoms with Crippen molar-refractivity contribution in [2.75, 3.05) is 73.6 Å². The zero-order chi connectivity index (χ0) is 25.2. The average Bonchev–Trinajstić information content (AvgIpc) is 2.82. The highest BCUT2D eigenvalue weighted by Crippen LogP contribution is 2.42. The van der Waals surface area contributed by atoms with Gasteiger partial charge in [0.25, 0.3) is 0 Å². The Balaban J connectivity index is 5.60. The molecule has 0 N–H and O–H groups in total. The molecule has 0 aromatic heterocycles. The van der Waals surface area contributed by atoms with E-state index in [-0.39, 0.29) is 0 Å². The van der Waals surface area contributed by atoms with Crippen LogP contribution in [0.2, 0.25) is 12.1 Å². The molecule has 0 aliphatic carbocycles. The van der Waals surface area contributed by atoms with Crippen molar-refractivity contribution in [1.29, 1.82) is 0 Å². The molecule has 33 heavy (non-hydrogen) atoms. The summed E-state index contributed by atoms with van der Waals surface area (Å²) >= 11 is 0. The SMILES string of the molecule is CCO[Si](CC)(CCC(CCCN(C)CC)(CCCN(C)CC)CCCN(C)CC)OCC. The molecule has 0 spiro atoms. The molecule has 0 radical (unpaired) electrons. The molecular weight excluding hydrogens is 426 g/mol. The second kappa shape index (κ2) is 19.2. The van der Waals surface area contributed by atoms with Gasteiger partial charge < -0.3 is 23.6 Å². The van der Waals surface area contributed by atoms with E-state index in [1.54, 1.807) is 0 Å². The Morgan fingerprint density at radius 1 is 0.576 bits per heavy atom. The number of nitrogens with zero attached hydrogens (tertiary/aromatic N) is 3. The van der Waals surface area contributed by atoms with Gasteiger partial charge >= 0.3 is 8.56 Å². The first kappa shape index (κ1) is 33.0. The lowest BCUT2D eigenvalue weighted by molar-refractivity contribution is 0.145. The summed E-state index contributed by atoms with van der Waals surface area (Å²) in [6, 6.07) is 2.20. The lowest BCUT2D eigenvalue weighted by Gasteiger charge is -2.39. The van der Waals surface area contributed by atoms with Crippen LogP contribution in [0.15, 0.2) is 0 Å². The standard InChI is InChI=1S/C27H61N3O2Si/c1-10-28(7)23-16-19-27(20-17-24-29(8)11-2,21-18-25-30(9)12-3)22-26-33(15-6,31-13-4)32-14-5/h10-26H2,1-9H3. The zero-order valence-electron chi connectivity index (χ0n) is 24.2. The normalized spacial score (nSPS) is 13.1. The molecule has 0 heterocycles. The molecule has 0 amide bonds. The van der Waals surface area contributed by atoms with Crippen LogP contribution in [0.4, 0.5) is 0 Å². The topological polar surface area (TPSA) is 28.2 Å². The Hall–Kier alpha value is 0.0169. The molecule has 0 aromatic carbocycles. The summed E-state index contributed by atoms with van der Waals surface area (Å²) in [7, 11) is 4.66. The lowest BCUT2D eigenvalue weighted by Crippen LogP contribution is -2.43. The van der Waals surface area contributed by atoms with E-state index < -0.39 is 8.56 Å². The van der Waals surface area contributed by atoms with E-state index in [2.05, 4.69) is 77.4 Å². The van der Waals surface area contributed by atoms with E-state index in [1.165, 1.54) is 64.6 Å². The van der Waals surface area contributed by atoms with Gasteiger partial charge in [-0.2, -0.15) is 0 Å². The van der Waals surface area contributed by atoms with Crippen LogP contribution in [-0.4, -0.2) is 96.9 Å². The maximum absolute atomic E-state index is 6.39. The predicted octanol–water partition coefficient (Wildman–Crippen LogP) is 6.09. The summed E-state index contributed by atoms with van der Waals surface area (Å²) in [6.45, 7) is 21.9. The second-order valence-corrected chi connectivity index (χ2v) is 13.7. The number of hydrogen-bond donors (Lipinski definition) is 0. The molecule has 0 aliphatic heterocycles. The quantitative estimate of drug-likeness (QED) is 0.163. The van der Waals surface area contributed by atoms with Crippen molar-refractivity contribution in [3.8, 4) is 0 Å². The summed E-state index contributed by atoms with van der Waals surface area (Å²) < 4.78 is 12.8. The smallest absolute Gasteiger partial charge is 0.337 e. The Morgan fingerprint density at radius 3 is 1.21 bits per heavy atom. The van der Waals surface area contributed by atoms with Crippen LogP contribution in [0.25, 0.3) is 0 Å². The third kappa shape index (κ3) is 14.2. The fourth-order valence-electron chi connectivity index (χ4n) is 4.94. The lowest BCUT2D eigenvalue weighted by atomic mass is 9.73. The van der Waals surface area contributed by atoms with Crippen LogP contribution < -0.4 is 0 Å². The maximum Gasteiger partial charge on any atom is 0.337 e. The third-order valence-corrected chi connectivity index (χ3v) is 11.5. The van der Waals surface area contributed by atoms with Crippen molar-refractivity contribution in [2.24, 2.45) is 5.41 Å². The van der Waals surface area contributed by atoms with Crippen molar-refractivity contribution in [3.63, 3.8) is 0 Å². The third-order valence-electron chi connectivity index (χ3n) is 7.75. The van der Waals surface area contributed by atoms with Crippen molar-refractivity contribution < 1.29 is 8.85 Å². The van der Waals surface area contributed by atoms with Crippen molar-refractivity contribution in [2.45, 2.75) is 98.6 Å². The van der Waals surface area contributed by atoms with Gasteiger partial charge in [-0.1, -0.05) is 27.7 Å². The first-order valence-corrected chi connectivity index (χ1v) is 16.3. The van der Waals surface area contributed by atoms with Crippen LogP contribution in [-0.2, 0) is 8.85 Å². The molecule has 0 rings (SSSR count). The molecular formula is C27H61N3O2Si. The Morgan fingerprint density at radius 2 is 0.939 bits per heavy atom. The van der Waals surface area contributed by atoms with Gasteiger partial charge in [0.2, 0.25) is 0 Å². The summed E-state index contributed by atoms with van der Waals surface area (Å²) in [5, 5.41) is 0. The maximum atomic E-state index is 6.39. The molecule has 200 valence electrons. The first-order valence-electron chi connectivity index (χ1n) is 14.1. The highest BCUT2D eigenvalue weighted by molar-refractivity contribution is 6.67. The minimum absolute atomic E-state index is 0.402. The highest BCUT2D eigenvalue weighted by atomic mass is 28.4. The van der Waals surface area contributed by atoms with Gasteiger partial charge in [0.1, 0.15) is 0 Å². The van der Waals surface area contributed by atoms with E-state index in [9.17, 15) is 0 Å². The average molecular weight is 488 g/mol. The summed E-state index contributed by atoms with van der Waals surface area (Å²) in [5.74, 6) is 0. The van der Waals surface area contributed by atoms with E-state index in [0.29, 0.717) is 5.41 Å². The van der Waals surface area contributed by atoms with Crippen molar-refractivity contribution in [3.05, 3.63) is 0 Å². The fraction of sp³-hybridized carbons (Fsp3) is 1.00. The van der Waals surface area contributed by atoms with Crippen LogP contribution in [0.5, 0.6) is 0 Å². The monoisotopic (exact) mass is 487 g/mol. The van der Waals surface area contributed by atoms with Gasteiger partial charge in [-0.15, -0.1) is 0 Å². The second-order valence-electron chi connectivity index (χ2n) is 10.1. The molecule has 0 saturated carbocycles. The zero-order valence-corrected chi connectivity index (χ0v) is 25.2. The van der Waals surface area contributed by atoms with Gasteiger partial charge in [-0.25, -0.2) is 0 Å². The van der Waals surface area contributed by atoms with E-state index in [4.69, 9.17) is 8.85 Å². The highest BCUT2D eigenvalue weighted by Gasteiger charge is 2.39. The van der Waals surface area contributed by atoms with Crippen molar-refractivity contribution in [1.82, 2.24) is 14.7 Å². The van der Waals surface area contributed by atoms with Gasteiger partial charge in [0, 0.05) is 13.2 Å². The minimum Gasteiger partial charge on any atom is -0.394 e. The van der Waals surface area contributed by atoms with Gasteiger partial charge in [0.05, 0.1) is 0 Å². The van der Waals surface area contributed by atoms with Gasteiger partial charge in [0.15, 0.2) is 0 Å². The van der Waals surface area contributed by atoms with E-state index in [1.807, 2.05) is 0 Å². The van der Waals surface area contributed by atoms with Gasteiger partial charge in [-0.05, 0) is 137 Å². The molecule has 0 atom stereocenters. The van der Waals surface area contributed by atoms with Crippen LogP contribution >= 0.6 is 0 Å².